The molecule has 0 spiro atoms. The third-order valence-electron chi connectivity index (χ3n) is 4.65. The fourth-order valence-electron chi connectivity index (χ4n) is 3.41. The normalized spacial score (nSPS) is 21.5. The van der Waals surface area contributed by atoms with Gasteiger partial charge in [-0.15, -0.1) is 0 Å². The molecule has 1 fully saturated rings. The number of carbonyl (C=O) groups excluding carboxylic acids is 1. The van der Waals surface area contributed by atoms with Gasteiger partial charge >= 0.3 is 0 Å². The number of nitrogens with two attached hydrogens (primary N) is 1. The summed E-state index contributed by atoms with van der Waals surface area (Å²) in [5.41, 5.74) is 7.17. The summed E-state index contributed by atoms with van der Waals surface area (Å²) in [7, 11) is 0. The number of hydrogen-bond donors (Lipinski definition) is 2. The Bertz CT molecular complexity index is 781. The summed E-state index contributed by atoms with van der Waals surface area (Å²) in [5, 5.41) is 0.910. The first-order valence-electron chi connectivity index (χ1n) is 7.65. The van der Waals surface area contributed by atoms with Crippen LogP contribution in [-0.4, -0.2) is 34.9 Å². The molecule has 1 aliphatic rings. The number of hydrogen-bond acceptors (Lipinski definition) is 3. The van der Waals surface area contributed by atoms with E-state index in [0.29, 0.717) is 19.0 Å². The Labute approximate surface area is 129 Å². The van der Waals surface area contributed by atoms with Crippen LogP contribution < -0.4 is 11.3 Å². The summed E-state index contributed by atoms with van der Waals surface area (Å²) in [6.07, 6.45) is 0.896. The van der Waals surface area contributed by atoms with E-state index in [9.17, 15) is 9.59 Å². The number of amides is 1. The Balaban J connectivity index is 2.07. The average Bonchev–Trinajstić information content (AvgIpc) is 2.88. The largest absolute Gasteiger partial charge is 0.335 e. The van der Waals surface area contributed by atoms with Crippen molar-refractivity contribution in [3.63, 3.8) is 0 Å². The Morgan fingerprint density at radius 2 is 2.14 bits per heavy atom. The zero-order chi connectivity index (χ0) is 15.9. The van der Waals surface area contributed by atoms with Crippen molar-refractivity contribution in [1.82, 2.24) is 9.88 Å². The van der Waals surface area contributed by atoms with Crippen LogP contribution >= 0.6 is 0 Å². The van der Waals surface area contributed by atoms with E-state index in [1.54, 1.807) is 4.90 Å². The van der Waals surface area contributed by atoms with Gasteiger partial charge in [0.05, 0.1) is 0 Å². The molecule has 2 unspecified atom stereocenters. The Morgan fingerprint density at radius 1 is 1.41 bits per heavy atom. The summed E-state index contributed by atoms with van der Waals surface area (Å²) < 4.78 is 0. The molecule has 0 bridgehead atoms. The van der Waals surface area contributed by atoms with Crippen LogP contribution in [0.25, 0.3) is 10.9 Å². The van der Waals surface area contributed by atoms with Gasteiger partial charge < -0.3 is 15.6 Å². The molecule has 0 radical (unpaired) electrons. The van der Waals surface area contributed by atoms with Crippen molar-refractivity contribution >= 4 is 16.8 Å². The van der Waals surface area contributed by atoms with Crippen LogP contribution in [0, 0.1) is 12.8 Å². The lowest BCUT2D eigenvalue weighted by molar-refractivity contribution is 0.0741. The number of nitrogens with zero attached hydrogens (tertiary/aromatic N) is 1. The minimum atomic E-state index is -0.315. The van der Waals surface area contributed by atoms with Gasteiger partial charge in [-0.3, -0.25) is 9.59 Å². The SMILES string of the molecule is Cc1c(C(=O)N2CC(CN)CC2C)c(=O)[nH]c2ccccc12. The van der Waals surface area contributed by atoms with Crippen LogP contribution in [0.15, 0.2) is 29.1 Å². The second kappa shape index (κ2) is 5.57. The van der Waals surface area contributed by atoms with E-state index in [2.05, 4.69) is 4.98 Å². The van der Waals surface area contributed by atoms with Gasteiger partial charge in [-0.05, 0) is 44.4 Å². The predicted octanol–water partition coefficient (Wildman–Crippen LogP) is 1.65. The van der Waals surface area contributed by atoms with Gasteiger partial charge in [0, 0.05) is 23.5 Å². The molecule has 1 saturated heterocycles. The van der Waals surface area contributed by atoms with Crippen LogP contribution in [0.2, 0.25) is 0 Å². The first kappa shape index (κ1) is 14.8. The van der Waals surface area contributed by atoms with Gasteiger partial charge in [-0.25, -0.2) is 0 Å². The fourth-order valence-corrected chi connectivity index (χ4v) is 3.41. The second-order valence-corrected chi connectivity index (χ2v) is 6.14. The highest BCUT2D eigenvalue weighted by Crippen LogP contribution is 2.25. The van der Waals surface area contributed by atoms with Crippen molar-refractivity contribution in [3.8, 4) is 0 Å². The van der Waals surface area contributed by atoms with Crippen LogP contribution in [-0.2, 0) is 0 Å². The molecule has 5 nitrogen and oxygen atoms in total. The monoisotopic (exact) mass is 299 g/mol. The van der Waals surface area contributed by atoms with E-state index >= 15 is 0 Å². The summed E-state index contributed by atoms with van der Waals surface area (Å²) in [6, 6.07) is 7.67. The highest BCUT2D eigenvalue weighted by atomic mass is 16.2. The van der Waals surface area contributed by atoms with E-state index in [1.807, 2.05) is 38.1 Å². The van der Waals surface area contributed by atoms with E-state index in [4.69, 9.17) is 5.73 Å². The molecule has 1 aliphatic heterocycles. The molecule has 3 rings (SSSR count). The van der Waals surface area contributed by atoms with Crippen molar-refractivity contribution in [3.05, 3.63) is 45.7 Å². The molecule has 2 atom stereocenters. The molecule has 1 aromatic heterocycles. The van der Waals surface area contributed by atoms with Crippen molar-refractivity contribution in [2.24, 2.45) is 11.7 Å². The van der Waals surface area contributed by atoms with Gasteiger partial charge in [0.1, 0.15) is 5.56 Å². The lowest BCUT2D eigenvalue weighted by atomic mass is 10.0. The zero-order valence-electron chi connectivity index (χ0n) is 12.9. The van der Waals surface area contributed by atoms with Crippen molar-refractivity contribution in [2.75, 3.05) is 13.1 Å². The minimum Gasteiger partial charge on any atom is -0.335 e. The molecule has 3 N–H and O–H groups in total. The first-order valence-corrected chi connectivity index (χ1v) is 7.65. The predicted molar refractivity (Wildman–Crippen MR) is 87.0 cm³/mol. The molecular weight excluding hydrogens is 278 g/mol. The quantitative estimate of drug-likeness (QED) is 0.885. The number of pyridine rings is 1. The number of aromatic amines is 1. The van der Waals surface area contributed by atoms with Crippen molar-refractivity contribution in [2.45, 2.75) is 26.3 Å². The molecule has 2 aromatic rings. The third kappa shape index (κ3) is 2.31. The highest BCUT2D eigenvalue weighted by molar-refractivity contribution is 6.00. The zero-order valence-corrected chi connectivity index (χ0v) is 12.9. The lowest BCUT2D eigenvalue weighted by Crippen LogP contribution is -2.38. The second-order valence-electron chi connectivity index (χ2n) is 6.14. The van der Waals surface area contributed by atoms with Gasteiger partial charge in [-0.1, -0.05) is 18.2 Å². The number of aryl methyl sites for hydroxylation is 1. The fraction of sp³-hybridized carbons (Fsp3) is 0.412. The molecule has 2 heterocycles. The number of fused-ring (bicyclic) bond motifs is 1. The van der Waals surface area contributed by atoms with E-state index in [1.165, 1.54) is 0 Å². The number of H-pyrrole nitrogens is 1. The van der Waals surface area contributed by atoms with E-state index < -0.39 is 0 Å². The van der Waals surface area contributed by atoms with Crippen LogP contribution in [0.5, 0.6) is 0 Å². The van der Waals surface area contributed by atoms with Gasteiger partial charge in [0.15, 0.2) is 0 Å². The van der Waals surface area contributed by atoms with Gasteiger partial charge in [-0.2, -0.15) is 0 Å². The molecule has 0 aliphatic carbocycles. The molecule has 1 aromatic carbocycles. The number of aromatic nitrogens is 1. The minimum absolute atomic E-state index is 0.117. The average molecular weight is 299 g/mol. The standard InChI is InChI=1S/C17H21N3O2/c1-10-7-12(8-18)9-20(10)17(22)15-11(2)13-5-3-4-6-14(13)19-16(15)21/h3-6,10,12H,7-9,18H2,1-2H3,(H,19,21). The molecule has 1 amide bonds. The maximum Gasteiger partial charge on any atom is 0.261 e. The van der Waals surface area contributed by atoms with Crippen molar-refractivity contribution < 1.29 is 4.79 Å². The van der Waals surface area contributed by atoms with Crippen molar-refractivity contribution in [1.29, 1.82) is 0 Å². The number of rotatable bonds is 2. The van der Waals surface area contributed by atoms with E-state index in [-0.39, 0.29) is 23.1 Å². The number of nitrogens with one attached hydrogen (secondary N) is 1. The maximum atomic E-state index is 12.9. The number of likely N-dealkylation sites (tertiary alicyclic amines) is 1. The summed E-state index contributed by atoms with van der Waals surface area (Å²) in [5.74, 6) is 0.131. The lowest BCUT2D eigenvalue weighted by Gasteiger charge is -2.22. The Kier molecular flexibility index (Phi) is 3.74. The summed E-state index contributed by atoms with van der Waals surface area (Å²) in [4.78, 5) is 29.8. The summed E-state index contributed by atoms with van der Waals surface area (Å²) in [6.45, 7) is 5.05. The smallest absolute Gasteiger partial charge is 0.261 e. The third-order valence-corrected chi connectivity index (χ3v) is 4.65. The van der Waals surface area contributed by atoms with E-state index in [0.717, 1.165) is 22.9 Å². The van der Waals surface area contributed by atoms with Gasteiger partial charge in [0.2, 0.25) is 0 Å². The highest BCUT2D eigenvalue weighted by Gasteiger charge is 2.34. The van der Waals surface area contributed by atoms with Crippen LogP contribution in [0.4, 0.5) is 0 Å². The Hall–Kier alpha value is -2.14. The molecule has 0 saturated carbocycles. The molecular formula is C17H21N3O2. The molecule has 22 heavy (non-hydrogen) atoms. The number of benzene rings is 1. The molecule has 116 valence electrons. The Morgan fingerprint density at radius 3 is 2.82 bits per heavy atom. The molecule has 5 heteroatoms. The maximum absolute atomic E-state index is 12.9. The van der Waals surface area contributed by atoms with Crippen LogP contribution in [0.1, 0.15) is 29.3 Å². The number of para-hydroxylation sites is 1. The number of carbonyl (C=O) groups is 1. The summed E-state index contributed by atoms with van der Waals surface area (Å²) >= 11 is 0. The van der Waals surface area contributed by atoms with Gasteiger partial charge in [0.25, 0.3) is 11.5 Å². The topological polar surface area (TPSA) is 79.2 Å². The first-order chi connectivity index (χ1) is 10.5. The van der Waals surface area contributed by atoms with Crippen LogP contribution in [0.3, 0.4) is 0 Å².